The molecule has 3 rings (SSSR count). The molecule has 2 heterocycles. The highest BCUT2D eigenvalue weighted by atomic mass is 16.6. The maximum atomic E-state index is 11.9. The standard InChI is InChI=1S/C12H13N5O3/c1-7-12(16-20-15-7)14-10(18)5-17-6-13-9(4-11(17)19)8-2-3-8/h4,6,8H,2-3,5H2,1H3,(H,14,16,18). The first-order chi connectivity index (χ1) is 9.63. The summed E-state index contributed by atoms with van der Waals surface area (Å²) in [7, 11) is 0. The van der Waals surface area contributed by atoms with Crippen LogP contribution in [-0.4, -0.2) is 25.8 Å². The van der Waals surface area contributed by atoms with E-state index in [4.69, 9.17) is 0 Å². The second kappa shape index (κ2) is 4.87. The van der Waals surface area contributed by atoms with Crippen molar-refractivity contribution in [2.45, 2.75) is 32.2 Å². The van der Waals surface area contributed by atoms with Crippen LogP contribution in [0.2, 0.25) is 0 Å². The SMILES string of the molecule is Cc1nonc1NC(=O)Cn1cnc(C2CC2)cc1=O. The summed E-state index contributed by atoms with van der Waals surface area (Å²) in [6.45, 7) is 1.54. The molecule has 1 amide bonds. The van der Waals surface area contributed by atoms with E-state index < -0.39 is 0 Å². The van der Waals surface area contributed by atoms with Gasteiger partial charge in [-0.25, -0.2) is 9.61 Å². The van der Waals surface area contributed by atoms with Crippen molar-refractivity contribution in [3.05, 3.63) is 34.1 Å². The largest absolute Gasteiger partial charge is 0.305 e. The molecule has 0 aliphatic heterocycles. The van der Waals surface area contributed by atoms with E-state index in [1.54, 1.807) is 6.92 Å². The van der Waals surface area contributed by atoms with Gasteiger partial charge in [-0.3, -0.25) is 14.2 Å². The number of carbonyl (C=O) groups is 1. The van der Waals surface area contributed by atoms with E-state index in [0.29, 0.717) is 11.6 Å². The zero-order chi connectivity index (χ0) is 14.1. The summed E-state index contributed by atoms with van der Waals surface area (Å²) in [5.41, 5.74) is 1.06. The molecule has 0 atom stereocenters. The highest BCUT2D eigenvalue weighted by Gasteiger charge is 2.25. The minimum atomic E-state index is -0.383. The molecule has 8 nitrogen and oxygen atoms in total. The Kier molecular flexibility index (Phi) is 3.05. The summed E-state index contributed by atoms with van der Waals surface area (Å²) < 4.78 is 5.73. The fraction of sp³-hybridized carbons (Fsp3) is 0.417. The number of aromatic nitrogens is 4. The number of nitrogens with zero attached hydrogens (tertiary/aromatic N) is 4. The Balaban J connectivity index is 1.69. The van der Waals surface area contributed by atoms with Gasteiger partial charge in [-0.1, -0.05) is 5.16 Å². The normalized spacial score (nSPS) is 14.2. The lowest BCUT2D eigenvalue weighted by atomic mass is 10.3. The second-order valence-corrected chi connectivity index (χ2v) is 4.80. The van der Waals surface area contributed by atoms with E-state index in [1.165, 1.54) is 17.0 Å². The van der Waals surface area contributed by atoms with Crippen molar-refractivity contribution in [1.82, 2.24) is 19.9 Å². The summed E-state index contributed by atoms with van der Waals surface area (Å²) in [5, 5.41) is 9.62. The molecular weight excluding hydrogens is 262 g/mol. The van der Waals surface area contributed by atoms with E-state index >= 15 is 0 Å². The predicted molar refractivity (Wildman–Crippen MR) is 68.1 cm³/mol. The molecule has 1 aliphatic carbocycles. The van der Waals surface area contributed by atoms with Gasteiger partial charge in [0, 0.05) is 12.0 Å². The molecule has 20 heavy (non-hydrogen) atoms. The fourth-order valence-electron chi connectivity index (χ4n) is 1.83. The maximum Gasteiger partial charge on any atom is 0.254 e. The van der Waals surface area contributed by atoms with Crippen LogP contribution < -0.4 is 10.9 Å². The van der Waals surface area contributed by atoms with Crippen LogP contribution in [0.1, 0.15) is 30.1 Å². The number of anilines is 1. The van der Waals surface area contributed by atoms with Crippen molar-refractivity contribution >= 4 is 11.7 Å². The van der Waals surface area contributed by atoms with E-state index in [1.807, 2.05) is 0 Å². The smallest absolute Gasteiger partial charge is 0.254 e. The van der Waals surface area contributed by atoms with Crippen molar-refractivity contribution in [3.8, 4) is 0 Å². The molecule has 2 aromatic heterocycles. The maximum absolute atomic E-state index is 11.9. The van der Waals surface area contributed by atoms with Gasteiger partial charge in [0.25, 0.3) is 5.56 Å². The van der Waals surface area contributed by atoms with Gasteiger partial charge in [-0.2, -0.15) is 0 Å². The first-order valence-corrected chi connectivity index (χ1v) is 6.29. The third kappa shape index (κ3) is 2.58. The number of rotatable bonds is 4. The van der Waals surface area contributed by atoms with Gasteiger partial charge in [0.2, 0.25) is 5.91 Å². The Hall–Kier alpha value is -2.51. The van der Waals surface area contributed by atoms with Gasteiger partial charge in [0.1, 0.15) is 12.2 Å². The zero-order valence-corrected chi connectivity index (χ0v) is 10.9. The molecular formula is C12H13N5O3. The van der Waals surface area contributed by atoms with Gasteiger partial charge in [-0.05, 0) is 24.9 Å². The summed E-state index contributed by atoms with van der Waals surface area (Å²) in [5.74, 6) is 0.285. The molecule has 2 aromatic rings. The van der Waals surface area contributed by atoms with Gasteiger partial charge in [0.05, 0.1) is 12.0 Å². The Bertz CT molecular complexity index is 701. The number of aryl methyl sites for hydroxylation is 1. The molecule has 104 valence electrons. The first-order valence-electron chi connectivity index (χ1n) is 6.29. The lowest BCUT2D eigenvalue weighted by Crippen LogP contribution is -2.28. The van der Waals surface area contributed by atoms with Crippen LogP contribution in [0.4, 0.5) is 5.82 Å². The minimum Gasteiger partial charge on any atom is -0.305 e. The highest BCUT2D eigenvalue weighted by Crippen LogP contribution is 2.38. The topological polar surface area (TPSA) is 103 Å². The number of nitrogens with one attached hydrogen (secondary N) is 1. The van der Waals surface area contributed by atoms with Gasteiger partial charge >= 0.3 is 0 Å². The number of hydrogen-bond acceptors (Lipinski definition) is 6. The summed E-state index contributed by atoms with van der Waals surface area (Å²) >= 11 is 0. The number of amides is 1. The molecule has 1 saturated carbocycles. The number of hydrogen-bond donors (Lipinski definition) is 1. The fourth-order valence-corrected chi connectivity index (χ4v) is 1.83. The van der Waals surface area contributed by atoms with Gasteiger partial charge in [-0.15, -0.1) is 0 Å². The third-order valence-corrected chi connectivity index (χ3v) is 3.12. The van der Waals surface area contributed by atoms with Crippen LogP contribution in [0.25, 0.3) is 0 Å². The monoisotopic (exact) mass is 275 g/mol. The van der Waals surface area contributed by atoms with Crippen LogP contribution in [0.3, 0.4) is 0 Å². The molecule has 0 unspecified atom stereocenters. The Morgan fingerprint density at radius 1 is 1.50 bits per heavy atom. The van der Waals surface area contributed by atoms with Crippen LogP contribution in [0, 0.1) is 6.92 Å². The van der Waals surface area contributed by atoms with Crippen molar-refractivity contribution in [2.75, 3.05) is 5.32 Å². The predicted octanol–water partition coefficient (Wildman–Crippen LogP) is 0.451. The van der Waals surface area contributed by atoms with Gasteiger partial charge < -0.3 is 5.32 Å². The summed E-state index contributed by atoms with van der Waals surface area (Å²) in [4.78, 5) is 27.9. The third-order valence-electron chi connectivity index (χ3n) is 3.12. The molecule has 0 bridgehead atoms. The summed E-state index contributed by atoms with van der Waals surface area (Å²) in [6.07, 6.45) is 3.56. The molecule has 1 fully saturated rings. The molecule has 1 N–H and O–H groups in total. The Labute approximate surface area is 113 Å². The van der Waals surface area contributed by atoms with Crippen LogP contribution in [0.15, 0.2) is 21.8 Å². The zero-order valence-electron chi connectivity index (χ0n) is 10.9. The molecule has 1 aliphatic rings. The van der Waals surface area contributed by atoms with Crippen molar-refractivity contribution in [2.24, 2.45) is 0 Å². The molecule has 0 spiro atoms. The highest BCUT2D eigenvalue weighted by molar-refractivity contribution is 5.89. The summed E-state index contributed by atoms with van der Waals surface area (Å²) in [6, 6.07) is 1.49. The van der Waals surface area contributed by atoms with Crippen LogP contribution >= 0.6 is 0 Å². The lowest BCUT2D eigenvalue weighted by Gasteiger charge is -2.05. The van der Waals surface area contributed by atoms with Gasteiger partial charge in [0.15, 0.2) is 5.82 Å². The molecule has 0 radical (unpaired) electrons. The first kappa shape index (κ1) is 12.5. The lowest BCUT2D eigenvalue weighted by molar-refractivity contribution is -0.116. The molecule has 8 heteroatoms. The van der Waals surface area contributed by atoms with Crippen molar-refractivity contribution in [1.29, 1.82) is 0 Å². The van der Waals surface area contributed by atoms with Crippen LogP contribution in [-0.2, 0) is 11.3 Å². The second-order valence-electron chi connectivity index (χ2n) is 4.80. The van der Waals surface area contributed by atoms with E-state index in [2.05, 4.69) is 25.2 Å². The molecule has 0 saturated heterocycles. The van der Waals surface area contributed by atoms with E-state index in [-0.39, 0.29) is 23.8 Å². The number of carbonyl (C=O) groups excluding carboxylic acids is 1. The van der Waals surface area contributed by atoms with Crippen molar-refractivity contribution in [3.63, 3.8) is 0 Å². The van der Waals surface area contributed by atoms with Crippen LogP contribution in [0.5, 0.6) is 0 Å². The minimum absolute atomic E-state index is 0.122. The average molecular weight is 275 g/mol. The molecule has 0 aromatic carbocycles. The van der Waals surface area contributed by atoms with Crippen molar-refractivity contribution < 1.29 is 9.42 Å². The quantitative estimate of drug-likeness (QED) is 0.869. The van der Waals surface area contributed by atoms with E-state index in [9.17, 15) is 9.59 Å². The average Bonchev–Trinajstić information content (AvgIpc) is 3.18. The van der Waals surface area contributed by atoms with E-state index in [0.717, 1.165) is 18.5 Å². The Morgan fingerprint density at radius 3 is 2.90 bits per heavy atom. The Morgan fingerprint density at radius 2 is 2.30 bits per heavy atom.